The standard InChI is InChI=1S/C35H35N9O14S/c36-32(38-33(47)56-18-21-1-7-25(8-2-21)42(50)51)41(35(49)58-20-23-5-11-27(12-6-23)44(54)55)17-30(45)37-24-14-39(15-24)31(46)29-13-28(59)16-40(29)34(48)57-19-22-3-9-26(10-4-22)43(52)53/h1-12,24,28-29,59H,13-20H2,(H,37,45)(H2,36,38,47)/t28-,29-/m0/s1. The largest absolute Gasteiger partial charge is 0.445 e. The van der Waals surface area contributed by atoms with Crippen LogP contribution in [0, 0.1) is 30.3 Å². The van der Waals surface area contributed by atoms with Crippen LogP contribution in [0.5, 0.6) is 0 Å². The summed E-state index contributed by atoms with van der Waals surface area (Å²) in [6.45, 7) is -1.60. The van der Waals surface area contributed by atoms with Gasteiger partial charge in [0.05, 0.1) is 20.8 Å². The van der Waals surface area contributed by atoms with Crippen molar-refractivity contribution in [3.63, 3.8) is 0 Å². The Morgan fingerprint density at radius 1 is 0.746 bits per heavy atom. The van der Waals surface area contributed by atoms with Gasteiger partial charge in [-0.1, -0.05) is 0 Å². The minimum absolute atomic E-state index is 0.0348. The first-order valence-electron chi connectivity index (χ1n) is 17.4. The maximum atomic E-state index is 13.4. The number of hydrogen-bond donors (Lipinski definition) is 3. The van der Waals surface area contributed by atoms with Gasteiger partial charge in [0.15, 0.2) is 0 Å². The fourth-order valence-corrected chi connectivity index (χ4v) is 6.17. The van der Waals surface area contributed by atoms with E-state index in [-0.39, 0.29) is 61.6 Å². The van der Waals surface area contributed by atoms with Crippen molar-refractivity contribution < 1.29 is 53.0 Å². The third-order valence-electron chi connectivity index (χ3n) is 8.89. The highest BCUT2D eigenvalue weighted by Gasteiger charge is 2.44. The number of aliphatic imine (C=N–C) groups is 1. The first-order valence-corrected chi connectivity index (χ1v) is 17.9. The number of thiol groups is 1. The van der Waals surface area contributed by atoms with Gasteiger partial charge in [0.2, 0.25) is 17.8 Å². The highest BCUT2D eigenvalue weighted by Crippen LogP contribution is 2.27. The Morgan fingerprint density at radius 3 is 1.68 bits per heavy atom. The highest BCUT2D eigenvalue weighted by molar-refractivity contribution is 7.81. The van der Waals surface area contributed by atoms with Gasteiger partial charge in [0, 0.05) is 61.3 Å². The number of benzene rings is 3. The van der Waals surface area contributed by atoms with Gasteiger partial charge < -0.3 is 30.2 Å². The lowest BCUT2D eigenvalue weighted by Gasteiger charge is -2.41. The molecule has 59 heavy (non-hydrogen) atoms. The molecule has 5 rings (SSSR count). The average molecular weight is 838 g/mol. The Kier molecular flexibility index (Phi) is 13.9. The number of guanidine groups is 1. The number of nitro groups is 3. The summed E-state index contributed by atoms with van der Waals surface area (Å²) in [5, 5.41) is 35.1. The molecular formula is C35H35N9O14S. The van der Waals surface area contributed by atoms with Crippen molar-refractivity contribution in [3.05, 3.63) is 120 Å². The monoisotopic (exact) mass is 837 g/mol. The van der Waals surface area contributed by atoms with E-state index in [1.807, 2.05) is 0 Å². The molecule has 2 heterocycles. The van der Waals surface area contributed by atoms with E-state index in [0.717, 1.165) is 0 Å². The van der Waals surface area contributed by atoms with Crippen molar-refractivity contribution in [2.75, 3.05) is 26.2 Å². The molecule has 3 aromatic rings. The summed E-state index contributed by atoms with van der Waals surface area (Å²) in [6.07, 6.45) is -3.05. The smallest absolute Gasteiger partial charge is 0.437 e. The SMILES string of the molecule is NC(=NC(=O)OCc1ccc([N+](=O)[O-])cc1)N(CC(=O)NC1CN(C(=O)[C@@H]2C[C@H](S)CN2C(=O)OCc2ccc([N+](=O)[O-])cc2)C1)C(=O)OCc1ccc([N+](=O)[O-])cc1. The number of nitro benzene ring substituents is 3. The van der Waals surface area contributed by atoms with Crippen molar-refractivity contribution in [2.24, 2.45) is 10.7 Å². The number of amides is 5. The van der Waals surface area contributed by atoms with Gasteiger partial charge in [0.1, 0.15) is 32.4 Å². The quantitative estimate of drug-likeness (QED) is 0.0557. The fraction of sp³-hybridized carbons (Fsp3) is 0.314. The predicted molar refractivity (Wildman–Crippen MR) is 205 cm³/mol. The lowest BCUT2D eigenvalue weighted by molar-refractivity contribution is -0.385. The molecule has 5 amide bonds. The molecule has 2 aliphatic heterocycles. The lowest BCUT2D eigenvalue weighted by Crippen LogP contribution is -2.64. The van der Waals surface area contributed by atoms with Gasteiger partial charge in [-0.25, -0.2) is 19.3 Å². The molecule has 0 aromatic heterocycles. The Balaban J connectivity index is 1.16. The fourth-order valence-electron chi connectivity index (χ4n) is 5.79. The summed E-state index contributed by atoms with van der Waals surface area (Å²) in [7, 11) is 0. The Labute approximate surface area is 338 Å². The van der Waals surface area contributed by atoms with Gasteiger partial charge in [0.25, 0.3) is 17.1 Å². The minimum atomic E-state index is -1.28. The van der Waals surface area contributed by atoms with Crippen LogP contribution in [0.25, 0.3) is 0 Å². The molecule has 0 spiro atoms. The summed E-state index contributed by atoms with van der Waals surface area (Å²) < 4.78 is 15.6. The number of hydrogen-bond acceptors (Lipinski definition) is 15. The van der Waals surface area contributed by atoms with Gasteiger partial charge in [-0.15, -0.1) is 4.99 Å². The van der Waals surface area contributed by atoms with E-state index in [1.54, 1.807) is 0 Å². The second-order valence-corrected chi connectivity index (χ2v) is 13.8. The molecule has 2 atom stereocenters. The zero-order chi connectivity index (χ0) is 42.8. The van der Waals surface area contributed by atoms with Crippen LogP contribution in [0.3, 0.4) is 0 Å². The summed E-state index contributed by atoms with van der Waals surface area (Å²) in [5.41, 5.74) is 6.65. The van der Waals surface area contributed by atoms with Crippen LogP contribution in [0.1, 0.15) is 23.1 Å². The van der Waals surface area contributed by atoms with Crippen molar-refractivity contribution >= 4 is 65.7 Å². The minimum Gasteiger partial charge on any atom is -0.445 e. The molecule has 0 radical (unpaired) electrons. The predicted octanol–water partition coefficient (Wildman–Crippen LogP) is 3.04. The normalized spacial score (nSPS) is 16.3. The van der Waals surface area contributed by atoms with E-state index < -0.39 is 76.1 Å². The average Bonchev–Trinajstić information content (AvgIpc) is 3.60. The van der Waals surface area contributed by atoms with E-state index >= 15 is 0 Å². The molecule has 3 N–H and O–H groups in total. The van der Waals surface area contributed by atoms with Gasteiger partial charge >= 0.3 is 18.3 Å². The number of carbonyl (C=O) groups is 5. The highest BCUT2D eigenvalue weighted by atomic mass is 32.1. The Bertz CT molecular complexity index is 2130. The molecule has 0 unspecified atom stereocenters. The molecule has 310 valence electrons. The summed E-state index contributed by atoms with van der Waals surface area (Å²) in [4.78, 5) is 103. The van der Waals surface area contributed by atoms with Gasteiger partial charge in [-0.3, -0.25) is 44.8 Å². The number of carbonyl (C=O) groups excluding carboxylic acids is 5. The third-order valence-corrected chi connectivity index (χ3v) is 9.26. The lowest BCUT2D eigenvalue weighted by atomic mass is 10.1. The topological polar surface area (TPSA) is 303 Å². The number of non-ortho nitro benzene ring substituents is 3. The molecule has 2 saturated heterocycles. The third kappa shape index (κ3) is 11.6. The molecule has 3 aromatic carbocycles. The number of nitrogens with two attached hydrogens (primary N) is 1. The van der Waals surface area contributed by atoms with Crippen LogP contribution in [0.2, 0.25) is 0 Å². The maximum absolute atomic E-state index is 13.4. The zero-order valence-electron chi connectivity index (χ0n) is 30.7. The first-order chi connectivity index (χ1) is 28.1. The summed E-state index contributed by atoms with van der Waals surface area (Å²) >= 11 is 4.44. The van der Waals surface area contributed by atoms with E-state index in [0.29, 0.717) is 21.6 Å². The molecule has 0 bridgehead atoms. The molecule has 23 nitrogen and oxygen atoms in total. The van der Waals surface area contributed by atoms with Crippen LogP contribution in [-0.2, 0) is 43.6 Å². The van der Waals surface area contributed by atoms with Gasteiger partial charge in [-0.2, -0.15) is 12.6 Å². The van der Waals surface area contributed by atoms with Crippen molar-refractivity contribution in [1.82, 2.24) is 20.0 Å². The zero-order valence-corrected chi connectivity index (χ0v) is 31.6. The van der Waals surface area contributed by atoms with Gasteiger partial charge in [-0.05, 0) is 59.5 Å². The number of nitrogens with one attached hydrogen (secondary N) is 1. The molecule has 2 aliphatic rings. The van der Waals surface area contributed by atoms with E-state index in [1.165, 1.54) is 82.6 Å². The molecule has 0 aliphatic carbocycles. The summed E-state index contributed by atoms with van der Waals surface area (Å²) in [5.74, 6) is -2.00. The van der Waals surface area contributed by atoms with Crippen LogP contribution >= 0.6 is 12.6 Å². The van der Waals surface area contributed by atoms with Crippen LogP contribution in [0.4, 0.5) is 31.4 Å². The van der Waals surface area contributed by atoms with Crippen molar-refractivity contribution in [3.8, 4) is 0 Å². The number of nitrogens with zero attached hydrogens (tertiary/aromatic N) is 7. The molecule has 24 heteroatoms. The van der Waals surface area contributed by atoms with E-state index in [4.69, 9.17) is 19.9 Å². The number of ether oxygens (including phenoxy) is 3. The molecule has 0 saturated carbocycles. The Hall–Kier alpha value is -7.37. The van der Waals surface area contributed by atoms with E-state index in [2.05, 4.69) is 22.9 Å². The van der Waals surface area contributed by atoms with Crippen LogP contribution in [-0.4, -0.2) is 109 Å². The Morgan fingerprint density at radius 2 is 1.20 bits per heavy atom. The second-order valence-electron chi connectivity index (χ2n) is 13.1. The number of likely N-dealkylation sites (tertiary alicyclic amines) is 2. The maximum Gasteiger partial charge on any atom is 0.437 e. The molecular weight excluding hydrogens is 803 g/mol. The van der Waals surface area contributed by atoms with E-state index in [9.17, 15) is 54.3 Å². The second kappa shape index (κ2) is 19.2. The summed E-state index contributed by atoms with van der Waals surface area (Å²) in [6, 6.07) is 14.1. The van der Waals surface area contributed by atoms with Crippen LogP contribution in [0.15, 0.2) is 77.8 Å². The van der Waals surface area contributed by atoms with Crippen molar-refractivity contribution in [2.45, 2.75) is 43.6 Å². The van der Waals surface area contributed by atoms with Crippen molar-refractivity contribution in [1.29, 1.82) is 0 Å². The molecule has 2 fully saturated rings. The first kappa shape index (κ1) is 42.8. The van der Waals surface area contributed by atoms with Crippen LogP contribution < -0.4 is 11.1 Å². The number of rotatable bonds is 13.